The number of hydrogen-bond donors (Lipinski definition) is 0. The van der Waals surface area contributed by atoms with E-state index in [0.717, 1.165) is 12.8 Å². The third-order valence-electron chi connectivity index (χ3n) is 1.38. The summed E-state index contributed by atoms with van der Waals surface area (Å²) in [6.07, 6.45) is 1.61. The van der Waals surface area contributed by atoms with E-state index in [9.17, 15) is 9.18 Å². The van der Waals surface area contributed by atoms with E-state index in [4.69, 9.17) is 0 Å². The fourth-order valence-electron chi connectivity index (χ4n) is 0.840. The standard InChI is InChI=1S/C8H15FO/c1-3-4-5-8(9)6-7(2)10/h8H,3-6H2,1-2H3. The van der Waals surface area contributed by atoms with Crippen LogP contribution in [0.4, 0.5) is 4.39 Å². The molecule has 0 aromatic heterocycles. The SMILES string of the molecule is CCCCC(F)CC(C)=O. The van der Waals surface area contributed by atoms with E-state index < -0.39 is 6.17 Å². The predicted octanol–water partition coefficient (Wildman–Crippen LogP) is 2.49. The highest BCUT2D eigenvalue weighted by molar-refractivity contribution is 5.75. The number of rotatable bonds is 5. The van der Waals surface area contributed by atoms with Crippen LogP contribution in [0.1, 0.15) is 39.5 Å². The van der Waals surface area contributed by atoms with Crippen LogP contribution >= 0.6 is 0 Å². The maximum absolute atomic E-state index is 12.6. The van der Waals surface area contributed by atoms with E-state index in [2.05, 4.69) is 0 Å². The Labute approximate surface area is 61.6 Å². The number of carbonyl (C=O) groups is 1. The van der Waals surface area contributed by atoms with Gasteiger partial charge in [-0.2, -0.15) is 0 Å². The van der Waals surface area contributed by atoms with Crippen LogP contribution in [0.2, 0.25) is 0 Å². The van der Waals surface area contributed by atoms with E-state index in [1.54, 1.807) is 0 Å². The first-order valence-electron chi connectivity index (χ1n) is 3.80. The van der Waals surface area contributed by atoms with Crippen molar-refractivity contribution in [3.63, 3.8) is 0 Å². The zero-order valence-electron chi connectivity index (χ0n) is 6.69. The summed E-state index contributed by atoms with van der Waals surface area (Å²) in [4.78, 5) is 10.4. The van der Waals surface area contributed by atoms with Crippen LogP contribution in [-0.2, 0) is 4.79 Å². The minimum Gasteiger partial charge on any atom is -0.300 e. The number of carbonyl (C=O) groups excluding carboxylic acids is 1. The second kappa shape index (κ2) is 5.39. The second-order valence-corrected chi connectivity index (χ2v) is 2.65. The molecule has 0 amide bonds. The van der Waals surface area contributed by atoms with Gasteiger partial charge in [0.15, 0.2) is 0 Å². The Balaban J connectivity index is 3.25. The van der Waals surface area contributed by atoms with Crippen LogP contribution in [-0.4, -0.2) is 12.0 Å². The smallest absolute Gasteiger partial charge is 0.132 e. The van der Waals surface area contributed by atoms with Gasteiger partial charge in [-0.3, -0.25) is 4.79 Å². The molecule has 0 fully saturated rings. The molecule has 0 saturated carbocycles. The van der Waals surface area contributed by atoms with Gasteiger partial charge in [0.25, 0.3) is 0 Å². The molecule has 10 heavy (non-hydrogen) atoms. The summed E-state index contributed by atoms with van der Waals surface area (Å²) in [6, 6.07) is 0. The molecule has 0 heterocycles. The van der Waals surface area contributed by atoms with Crippen molar-refractivity contribution in [2.24, 2.45) is 0 Å². The second-order valence-electron chi connectivity index (χ2n) is 2.65. The first-order valence-corrected chi connectivity index (χ1v) is 3.80. The average Bonchev–Trinajstić information content (AvgIpc) is 1.82. The van der Waals surface area contributed by atoms with Gasteiger partial charge in [-0.15, -0.1) is 0 Å². The average molecular weight is 146 g/mol. The van der Waals surface area contributed by atoms with Gasteiger partial charge in [-0.05, 0) is 13.3 Å². The predicted molar refractivity (Wildman–Crippen MR) is 39.7 cm³/mol. The third kappa shape index (κ3) is 5.73. The van der Waals surface area contributed by atoms with Crippen LogP contribution in [0.25, 0.3) is 0 Å². The maximum Gasteiger partial charge on any atom is 0.132 e. The maximum atomic E-state index is 12.6. The molecule has 2 heteroatoms. The van der Waals surface area contributed by atoms with E-state index in [-0.39, 0.29) is 12.2 Å². The Morgan fingerprint density at radius 1 is 1.60 bits per heavy atom. The van der Waals surface area contributed by atoms with Gasteiger partial charge in [0, 0.05) is 6.42 Å². The summed E-state index contributed by atoms with van der Waals surface area (Å²) in [5, 5.41) is 0. The highest BCUT2D eigenvalue weighted by Crippen LogP contribution is 2.08. The molecule has 0 aromatic carbocycles. The molecule has 0 aliphatic rings. The molecule has 1 atom stereocenters. The lowest BCUT2D eigenvalue weighted by Gasteiger charge is -2.02. The summed E-state index contributed by atoms with van der Waals surface area (Å²) < 4.78 is 12.6. The van der Waals surface area contributed by atoms with Crippen molar-refractivity contribution in [2.45, 2.75) is 45.7 Å². The molecule has 0 radical (unpaired) electrons. The Morgan fingerprint density at radius 2 is 2.20 bits per heavy atom. The van der Waals surface area contributed by atoms with Crippen LogP contribution in [0, 0.1) is 0 Å². The van der Waals surface area contributed by atoms with E-state index in [1.807, 2.05) is 6.92 Å². The van der Waals surface area contributed by atoms with Crippen molar-refractivity contribution in [3.8, 4) is 0 Å². The molecular weight excluding hydrogens is 131 g/mol. The van der Waals surface area contributed by atoms with E-state index in [1.165, 1.54) is 6.92 Å². The summed E-state index contributed by atoms with van der Waals surface area (Å²) >= 11 is 0. The van der Waals surface area contributed by atoms with Crippen LogP contribution < -0.4 is 0 Å². The molecule has 0 aliphatic carbocycles. The highest BCUT2D eigenvalue weighted by atomic mass is 19.1. The Morgan fingerprint density at radius 3 is 2.60 bits per heavy atom. The van der Waals surface area contributed by atoms with Gasteiger partial charge in [0.2, 0.25) is 0 Å². The van der Waals surface area contributed by atoms with Gasteiger partial charge in [0.1, 0.15) is 12.0 Å². The van der Waals surface area contributed by atoms with Crippen molar-refractivity contribution in [1.29, 1.82) is 0 Å². The molecule has 0 bridgehead atoms. The molecule has 0 aromatic rings. The quantitative estimate of drug-likeness (QED) is 0.582. The molecule has 60 valence electrons. The number of unbranched alkanes of at least 4 members (excludes halogenated alkanes) is 1. The highest BCUT2D eigenvalue weighted by Gasteiger charge is 2.07. The van der Waals surface area contributed by atoms with Gasteiger partial charge in [0.05, 0.1) is 0 Å². The monoisotopic (exact) mass is 146 g/mol. The third-order valence-corrected chi connectivity index (χ3v) is 1.38. The number of ketones is 1. The normalized spacial score (nSPS) is 13.1. The molecule has 0 spiro atoms. The van der Waals surface area contributed by atoms with Crippen LogP contribution in [0.3, 0.4) is 0 Å². The Kier molecular flexibility index (Phi) is 5.17. The molecule has 0 rings (SSSR count). The van der Waals surface area contributed by atoms with Gasteiger partial charge in [-0.1, -0.05) is 19.8 Å². The van der Waals surface area contributed by atoms with Crippen molar-refractivity contribution in [3.05, 3.63) is 0 Å². The first-order chi connectivity index (χ1) is 4.66. The molecule has 1 nitrogen and oxygen atoms in total. The van der Waals surface area contributed by atoms with E-state index >= 15 is 0 Å². The summed E-state index contributed by atoms with van der Waals surface area (Å²) in [5.74, 6) is -0.0522. The molecule has 0 aliphatic heterocycles. The van der Waals surface area contributed by atoms with Crippen molar-refractivity contribution >= 4 is 5.78 Å². The number of alkyl halides is 1. The van der Waals surface area contributed by atoms with Crippen molar-refractivity contribution < 1.29 is 9.18 Å². The van der Waals surface area contributed by atoms with Crippen LogP contribution in [0.5, 0.6) is 0 Å². The largest absolute Gasteiger partial charge is 0.300 e. The Hall–Kier alpha value is -0.400. The lowest BCUT2D eigenvalue weighted by atomic mass is 10.1. The van der Waals surface area contributed by atoms with Crippen molar-refractivity contribution in [2.75, 3.05) is 0 Å². The molecule has 0 N–H and O–H groups in total. The summed E-state index contributed by atoms with van der Waals surface area (Å²) in [6.45, 7) is 3.44. The van der Waals surface area contributed by atoms with Gasteiger partial charge < -0.3 is 0 Å². The van der Waals surface area contributed by atoms with Gasteiger partial charge >= 0.3 is 0 Å². The molecule has 0 saturated heterocycles. The topological polar surface area (TPSA) is 17.1 Å². The molecule has 1 unspecified atom stereocenters. The van der Waals surface area contributed by atoms with Crippen molar-refractivity contribution in [1.82, 2.24) is 0 Å². The zero-order chi connectivity index (χ0) is 7.98. The van der Waals surface area contributed by atoms with Gasteiger partial charge in [-0.25, -0.2) is 4.39 Å². The zero-order valence-corrected chi connectivity index (χ0v) is 6.69. The minimum atomic E-state index is -0.905. The van der Waals surface area contributed by atoms with Crippen LogP contribution in [0.15, 0.2) is 0 Å². The summed E-state index contributed by atoms with van der Waals surface area (Å²) in [5.41, 5.74) is 0. The lowest BCUT2D eigenvalue weighted by molar-refractivity contribution is -0.118. The number of hydrogen-bond acceptors (Lipinski definition) is 1. The fraction of sp³-hybridized carbons (Fsp3) is 0.875. The summed E-state index contributed by atoms with van der Waals surface area (Å²) in [7, 11) is 0. The van der Waals surface area contributed by atoms with E-state index in [0.29, 0.717) is 6.42 Å². The molecular formula is C8H15FO. The number of halogens is 1. The minimum absolute atomic E-state index is 0.0522. The first kappa shape index (κ1) is 9.60. The fourth-order valence-corrected chi connectivity index (χ4v) is 0.840. The lowest BCUT2D eigenvalue weighted by Crippen LogP contribution is -2.05. The number of Topliss-reactive ketones (excluding diaryl/α,β-unsaturated/α-hetero) is 1. The Bertz CT molecular complexity index is 101.